The van der Waals surface area contributed by atoms with Crippen LogP contribution in [0.25, 0.3) is 0 Å². The number of fused-ring (bicyclic) bond motifs is 1. The second kappa shape index (κ2) is 12.2. The van der Waals surface area contributed by atoms with E-state index in [0.717, 1.165) is 16.1 Å². The van der Waals surface area contributed by atoms with Gasteiger partial charge in [0.2, 0.25) is 28.6 Å². The van der Waals surface area contributed by atoms with Crippen LogP contribution in [0, 0.1) is 5.92 Å². The summed E-state index contributed by atoms with van der Waals surface area (Å²) < 4.78 is 42.6. The topological polar surface area (TPSA) is 114 Å². The molecule has 202 valence electrons. The predicted molar refractivity (Wildman–Crippen MR) is 140 cm³/mol. The number of methoxy groups -OCH3 is 1. The van der Waals surface area contributed by atoms with Gasteiger partial charge in [0.25, 0.3) is 0 Å². The number of carbonyl (C=O) groups is 2. The van der Waals surface area contributed by atoms with Crippen LogP contribution in [0.2, 0.25) is 0 Å². The van der Waals surface area contributed by atoms with Crippen LogP contribution in [0.1, 0.15) is 32.8 Å². The molecule has 1 aliphatic rings. The second-order valence-electron chi connectivity index (χ2n) is 9.24. The van der Waals surface area contributed by atoms with Crippen LogP contribution in [0.15, 0.2) is 42.5 Å². The zero-order chi connectivity index (χ0) is 27.2. The lowest BCUT2D eigenvalue weighted by Crippen LogP contribution is -2.52. The highest BCUT2D eigenvalue weighted by molar-refractivity contribution is 7.92. The van der Waals surface area contributed by atoms with Crippen molar-refractivity contribution >= 4 is 27.5 Å². The van der Waals surface area contributed by atoms with Crippen molar-refractivity contribution in [2.75, 3.05) is 37.6 Å². The first-order chi connectivity index (χ1) is 17.5. The molecule has 0 saturated carbocycles. The van der Waals surface area contributed by atoms with Gasteiger partial charge in [-0.05, 0) is 42.2 Å². The molecule has 37 heavy (non-hydrogen) atoms. The molecule has 2 amide bonds. The standard InChI is InChI=1S/C26H35N3O7S/c1-6-22(26(31)27-14-18(2)3)28(15-19-8-7-9-21(12-19)34-4)25(30)16-29(37(5,32)33)20-10-11-23-24(13-20)36-17-35-23/h7-13,18,22H,6,14-17H2,1-5H3,(H,27,31). The fourth-order valence-corrected chi connectivity index (χ4v) is 4.81. The maximum atomic E-state index is 13.8. The zero-order valence-corrected chi connectivity index (χ0v) is 22.7. The van der Waals surface area contributed by atoms with Gasteiger partial charge in [0.05, 0.1) is 19.1 Å². The van der Waals surface area contributed by atoms with Crippen molar-refractivity contribution < 1.29 is 32.2 Å². The van der Waals surface area contributed by atoms with Crippen LogP contribution in [0.3, 0.4) is 0 Å². The Balaban J connectivity index is 1.94. The quantitative estimate of drug-likeness (QED) is 0.446. The number of rotatable bonds is 12. The number of carbonyl (C=O) groups excluding carboxylic acids is 2. The second-order valence-corrected chi connectivity index (χ2v) is 11.2. The molecule has 0 aromatic heterocycles. The van der Waals surface area contributed by atoms with E-state index in [2.05, 4.69) is 5.32 Å². The smallest absolute Gasteiger partial charge is 0.244 e. The van der Waals surface area contributed by atoms with Crippen LogP contribution in [0.5, 0.6) is 17.2 Å². The van der Waals surface area contributed by atoms with E-state index in [1.807, 2.05) is 26.8 Å². The van der Waals surface area contributed by atoms with E-state index in [-0.39, 0.29) is 30.9 Å². The van der Waals surface area contributed by atoms with Gasteiger partial charge in [-0.2, -0.15) is 0 Å². The Morgan fingerprint density at radius 1 is 1.11 bits per heavy atom. The number of sulfonamides is 1. The number of hydrogen-bond acceptors (Lipinski definition) is 7. The number of amides is 2. The third-order valence-electron chi connectivity index (χ3n) is 5.88. The monoisotopic (exact) mass is 533 g/mol. The number of anilines is 1. The first kappa shape index (κ1) is 28.1. The van der Waals surface area contributed by atoms with Gasteiger partial charge < -0.3 is 24.4 Å². The van der Waals surface area contributed by atoms with Gasteiger partial charge >= 0.3 is 0 Å². The Morgan fingerprint density at radius 2 is 1.84 bits per heavy atom. The molecule has 1 aliphatic heterocycles. The third-order valence-corrected chi connectivity index (χ3v) is 7.02. The van der Waals surface area contributed by atoms with Crippen LogP contribution >= 0.6 is 0 Å². The number of nitrogens with one attached hydrogen (secondary N) is 1. The highest BCUT2D eigenvalue weighted by Gasteiger charge is 2.32. The van der Waals surface area contributed by atoms with Gasteiger partial charge in [-0.15, -0.1) is 0 Å². The van der Waals surface area contributed by atoms with Crippen LogP contribution in [-0.2, 0) is 26.2 Å². The van der Waals surface area contributed by atoms with Gasteiger partial charge in [0.1, 0.15) is 18.3 Å². The minimum Gasteiger partial charge on any atom is -0.497 e. The molecule has 3 rings (SSSR count). The molecule has 1 atom stereocenters. The van der Waals surface area contributed by atoms with Crippen molar-refractivity contribution in [3.63, 3.8) is 0 Å². The molecule has 10 nitrogen and oxygen atoms in total. The van der Waals surface area contributed by atoms with Crippen molar-refractivity contribution in [3.05, 3.63) is 48.0 Å². The van der Waals surface area contributed by atoms with Gasteiger partial charge in [0, 0.05) is 19.2 Å². The Labute approximate surface area is 218 Å². The molecular formula is C26H35N3O7S. The minimum atomic E-state index is -3.85. The molecular weight excluding hydrogens is 498 g/mol. The molecule has 11 heteroatoms. The van der Waals surface area contributed by atoms with E-state index in [1.165, 1.54) is 11.0 Å². The summed E-state index contributed by atoms with van der Waals surface area (Å²) in [7, 11) is -2.31. The van der Waals surface area contributed by atoms with Crippen LogP contribution in [0.4, 0.5) is 5.69 Å². The third kappa shape index (κ3) is 7.28. The lowest BCUT2D eigenvalue weighted by molar-refractivity contribution is -0.140. The molecule has 0 bridgehead atoms. The Hall–Kier alpha value is -3.47. The number of hydrogen-bond donors (Lipinski definition) is 1. The summed E-state index contributed by atoms with van der Waals surface area (Å²) in [5, 5.41) is 2.90. The van der Waals surface area contributed by atoms with E-state index < -0.39 is 28.5 Å². The molecule has 1 N–H and O–H groups in total. The fraction of sp³-hybridized carbons (Fsp3) is 0.462. The Bertz CT molecular complexity index is 1220. The average molecular weight is 534 g/mol. The number of ether oxygens (including phenoxy) is 3. The molecule has 0 radical (unpaired) electrons. The normalized spacial score (nSPS) is 13.2. The summed E-state index contributed by atoms with van der Waals surface area (Å²) in [5.41, 5.74) is 1.01. The fourth-order valence-electron chi connectivity index (χ4n) is 3.96. The first-order valence-corrected chi connectivity index (χ1v) is 14.0. The largest absolute Gasteiger partial charge is 0.497 e. The summed E-state index contributed by atoms with van der Waals surface area (Å²) in [4.78, 5) is 28.3. The van der Waals surface area contributed by atoms with Crippen LogP contribution < -0.4 is 23.8 Å². The van der Waals surface area contributed by atoms with Gasteiger partial charge in [-0.1, -0.05) is 32.9 Å². The number of nitrogens with zero attached hydrogens (tertiary/aromatic N) is 2. The van der Waals surface area contributed by atoms with Crippen LogP contribution in [-0.4, -0.2) is 64.4 Å². The Kier molecular flexibility index (Phi) is 9.25. The molecule has 0 fully saturated rings. The van der Waals surface area contributed by atoms with Gasteiger partial charge in [-0.25, -0.2) is 8.42 Å². The molecule has 0 aliphatic carbocycles. The highest BCUT2D eigenvalue weighted by atomic mass is 32.2. The lowest BCUT2D eigenvalue weighted by atomic mass is 10.1. The van der Waals surface area contributed by atoms with Crippen molar-refractivity contribution in [3.8, 4) is 17.2 Å². The average Bonchev–Trinajstić information content (AvgIpc) is 3.33. The van der Waals surface area contributed by atoms with E-state index in [4.69, 9.17) is 14.2 Å². The molecule has 0 spiro atoms. The number of benzene rings is 2. The molecule has 2 aromatic carbocycles. The summed E-state index contributed by atoms with van der Waals surface area (Å²) in [5.74, 6) is 0.928. The first-order valence-electron chi connectivity index (χ1n) is 12.1. The maximum absolute atomic E-state index is 13.8. The van der Waals surface area contributed by atoms with E-state index in [0.29, 0.717) is 30.2 Å². The summed E-state index contributed by atoms with van der Waals surface area (Å²) in [6.45, 7) is 5.89. The van der Waals surface area contributed by atoms with Crippen molar-refractivity contribution in [2.45, 2.75) is 39.8 Å². The van der Waals surface area contributed by atoms with Gasteiger partial charge in [-0.3, -0.25) is 13.9 Å². The molecule has 1 unspecified atom stereocenters. The minimum absolute atomic E-state index is 0.0363. The van der Waals surface area contributed by atoms with Gasteiger partial charge in [0.15, 0.2) is 11.5 Å². The summed E-state index contributed by atoms with van der Waals surface area (Å²) in [6, 6.07) is 11.1. The molecule has 2 aromatic rings. The predicted octanol–water partition coefficient (Wildman–Crippen LogP) is 2.77. The maximum Gasteiger partial charge on any atom is 0.244 e. The lowest BCUT2D eigenvalue weighted by Gasteiger charge is -2.33. The molecule has 1 heterocycles. The summed E-state index contributed by atoms with van der Waals surface area (Å²) >= 11 is 0. The van der Waals surface area contributed by atoms with E-state index in [1.54, 1.807) is 37.4 Å². The SMILES string of the molecule is CCC(C(=O)NCC(C)C)N(Cc1cccc(OC)c1)C(=O)CN(c1ccc2c(c1)OCO2)S(C)(=O)=O. The van der Waals surface area contributed by atoms with Crippen molar-refractivity contribution in [1.29, 1.82) is 0 Å². The zero-order valence-electron chi connectivity index (χ0n) is 21.9. The summed E-state index contributed by atoms with van der Waals surface area (Å²) in [6.07, 6.45) is 1.38. The van der Waals surface area contributed by atoms with E-state index >= 15 is 0 Å². The van der Waals surface area contributed by atoms with Crippen molar-refractivity contribution in [1.82, 2.24) is 10.2 Å². The highest BCUT2D eigenvalue weighted by Crippen LogP contribution is 2.36. The molecule has 0 saturated heterocycles. The van der Waals surface area contributed by atoms with Crippen molar-refractivity contribution in [2.24, 2.45) is 5.92 Å². The Morgan fingerprint density at radius 3 is 2.49 bits per heavy atom. The van der Waals surface area contributed by atoms with E-state index in [9.17, 15) is 18.0 Å².